The molecule has 36 heavy (non-hydrogen) atoms. The molecule has 0 aromatic heterocycles. The fourth-order valence-corrected chi connectivity index (χ4v) is 4.12. The molecule has 3 aromatic rings. The Morgan fingerprint density at radius 3 is 2.11 bits per heavy atom. The third kappa shape index (κ3) is 7.93. The summed E-state index contributed by atoms with van der Waals surface area (Å²) in [6.07, 6.45) is -4.72. The van der Waals surface area contributed by atoms with Gasteiger partial charge in [0.15, 0.2) is 11.5 Å². The van der Waals surface area contributed by atoms with Crippen LogP contribution in [-0.2, 0) is 6.61 Å². The van der Waals surface area contributed by atoms with Crippen molar-refractivity contribution in [2.24, 2.45) is 0 Å². The van der Waals surface area contributed by atoms with E-state index in [2.05, 4.69) is 15.0 Å². The highest BCUT2D eigenvalue weighted by molar-refractivity contribution is 5.85. The maximum atomic E-state index is 12.6. The van der Waals surface area contributed by atoms with Gasteiger partial charge in [0.05, 0.1) is 13.2 Å². The van der Waals surface area contributed by atoms with Crippen LogP contribution in [0.15, 0.2) is 72.8 Å². The van der Waals surface area contributed by atoms with Crippen molar-refractivity contribution in [1.82, 2.24) is 10.2 Å². The molecule has 4 rings (SSSR count). The monoisotopic (exact) mass is 544 g/mol. The number of nitrogens with zero attached hydrogens (tertiary/aromatic N) is 1. The molecule has 1 aliphatic rings. The molecule has 1 heterocycles. The Balaban J connectivity index is 0.00000228. The molecule has 0 spiro atoms. The number of benzene rings is 3. The number of hydrogen-bond acceptors (Lipinski definition) is 5. The fourth-order valence-electron chi connectivity index (χ4n) is 4.12. The number of rotatable bonds is 8. The van der Waals surface area contributed by atoms with Crippen molar-refractivity contribution in [3.63, 3.8) is 0 Å². The maximum Gasteiger partial charge on any atom is 0.573 e. The second-order valence-electron chi connectivity index (χ2n) is 7.99. The molecule has 1 atom stereocenters. The minimum absolute atomic E-state index is 0. The highest BCUT2D eigenvalue weighted by atomic mass is 35.5. The van der Waals surface area contributed by atoms with Crippen molar-refractivity contribution in [1.29, 1.82) is 0 Å². The quantitative estimate of drug-likeness (QED) is 0.376. The molecule has 3 aromatic carbocycles. The Bertz CT molecular complexity index is 1060. The van der Waals surface area contributed by atoms with Crippen LogP contribution in [0.1, 0.15) is 22.7 Å². The Morgan fingerprint density at radius 1 is 0.861 bits per heavy atom. The van der Waals surface area contributed by atoms with Crippen LogP contribution < -0.4 is 19.5 Å². The van der Waals surface area contributed by atoms with Gasteiger partial charge >= 0.3 is 6.36 Å². The van der Waals surface area contributed by atoms with Crippen LogP contribution in [0.3, 0.4) is 0 Å². The summed E-state index contributed by atoms with van der Waals surface area (Å²) in [4.78, 5) is 2.30. The van der Waals surface area contributed by atoms with E-state index < -0.39 is 6.36 Å². The largest absolute Gasteiger partial charge is 0.573 e. The van der Waals surface area contributed by atoms with E-state index in [1.165, 1.54) is 12.1 Å². The first kappa shape index (κ1) is 29.6. The highest BCUT2D eigenvalue weighted by Gasteiger charge is 2.31. The van der Waals surface area contributed by atoms with Gasteiger partial charge in [0, 0.05) is 26.2 Å². The lowest BCUT2D eigenvalue weighted by atomic mass is 9.96. The second-order valence-corrected chi connectivity index (χ2v) is 7.99. The minimum Gasteiger partial charge on any atom is -0.493 e. The van der Waals surface area contributed by atoms with E-state index in [1.54, 1.807) is 19.2 Å². The SMILES string of the molecule is COc1cc([C@@H](c2ccc(OC(F)(F)F)cc2)N2CCNCC2)ccc1OCc1ccccc1.Cl.Cl. The zero-order valence-electron chi connectivity index (χ0n) is 19.7. The van der Waals surface area contributed by atoms with Gasteiger partial charge in [-0.3, -0.25) is 4.90 Å². The minimum atomic E-state index is -4.72. The van der Waals surface area contributed by atoms with Crippen LogP contribution in [0, 0.1) is 0 Å². The van der Waals surface area contributed by atoms with Crippen molar-refractivity contribution in [3.8, 4) is 17.2 Å². The van der Waals surface area contributed by atoms with Gasteiger partial charge in [-0.2, -0.15) is 0 Å². The zero-order valence-corrected chi connectivity index (χ0v) is 21.3. The van der Waals surface area contributed by atoms with Gasteiger partial charge in [-0.25, -0.2) is 0 Å². The van der Waals surface area contributed by atoms with Crippen molar-refractivity contribution < 1.29 is 27.4 Å². The first-order chi connectivity index (χ1) is 16.4. The summed E-state index contributed by atoms with van der Waals surface area (Å²) in [5, 5.41) is 3.34. The first-order valence-electron chi connectivity index (χ1n) is 11.1. The molecule has 0 aliphatic carbocycles. The van der Waals surface area contributed by atoms with Crippen LogP contribution in [0.4, 0.5) is 13.2 Å². The predicted molar refractivity (Wildman–Crippen MR) is 138 cm³/mol. The van der Waals surface area contributed by atoms with Gasteiger partial charge < -0.3 is 19.5 Å². The normalized spacial score (nSPS) is 14.7. The Morgan fingerprint density at radius 2 is 1.50 bits per heavy atom. The molecule has 10 heteroatoms. The number of methoxy groups -OCH3 is 1. The van der Waals surface area contributed by atoms with Crippen LogP contribution in [-0.4, -0.2) is 44.6 Å². The molecule has 0 amide bonds. The summed E-state index contributed by atoms with van der Waals surface area (Å²) in [7, 11) is 1.59. The highest BCUT2D eigenvalue weighted by Crippen LogP contribution is 2.36. The number of nitrogens with one attached hydrogen (secondary N) is 1. The van der Waals surface area contributed by atoms with Gasteiger partial charge in [-0.1, -0.05) is 48.5 Å². The van der Waals surface area contributed by atoms with E-state index in [4.69, 9.17) is 9.47 Å². The lowest BCUT2D eigenvalue weighted by Gasteiger charge is -2.36. The van der Waals surface area contributed by atoms with E-state index in [0.29, 0.717) is 18.1 Å². The standard InChI is InChI=1S/C26H27F3N2O3.2ClH/c1-32-24-17-21(9-12-23(24)33-18-19-5-3-2-4-6-19)25(31-15-13-30-14-16-31)20-7-10-22(11-8-20)34-26(27,28)29;;/h2-12,17,25,30H,13-16,18H2,1H3;2*1H/t25-;;/m1../s1. The fraction of sp³-hybridized carbons (Fsp3) is 0.308. The number of hydrogen-bond donors (Lipinski definition) is 1. The molecular weight excluding hydrogens is 516 g/mol. The van der Waals surface area contributed by atoms with Crippen LogP contribution in [0.2, 0.25) is 0 Å². The van der Waals surface area contributed by atoms with Gasteiger partial charge in [-0.05, 0) is 41.0 Å². The molecule has 1 N–H and O–H groups in total. The van der Waals surface area contributed by atoms with E-state index >= 15 is 0 Å². The molecular formula is C26H29Cl2F3N2O3. The number of alkyl halides is 3. The zero-order chi connectivity index (χ0) is 24.0. The summed E-state index contributed by atoms with van der Waals surface area (Å²) in [6.45, 7) is 3.70. The molecule has 1 fully saturated rings. The van der Waals surface area contributed by atoms with Crippen LogP contribution in [0.25, 0.3) is 0 Å². The molecule has 1 saturated heterocycles. The molecule has 0 unspecified atom stereocenters. The molecule has 0 saturated carbocycles. The number of ether oxygens (including phenoxy) is 3. The molecule has 0 radical (unpaired) electrons. The lowest BCUT2D eigenvalue weighted by molar-refractivity contribution is -0.274. The molecule has 1 aliphatic heterocycles. The van der Waals surface area contributed by atoms with Crippen LogP contribution >= 0.6 is 24.8 Å². The van der Waals surface area contributed by atoms with E-state index in [1.807, 2.05) is 48.5 Å². The van der Waals surface area contributed by atoms with Gasteiger partial charge in [-0.15, -0.1) is 38.0 Å². The van der Waals surface area contributed by atoms with E-state index in [-0.39, 0.29) is 36.6 Å². The third-order valence-electron chi connectivity index (χ3n) is 5.69. The number of piperazine rings is 1. The average Bonchev–Trinajstić information content (AvgIpc) is 2.85. The van der Waals surface area contributed by atoms with Crippen molar-refractivity contribution in [2.45, 2.75) is 19.0 Å². The van der Waals surface area contributed by atoms with Gasteiger partial charge in [0.25, 0.3) is 0 Å². The Hall–Kier alpha value is -2.65. The molecule has 196 valence electrons. The Kier molecular flexibility index (Phi) is 11.2. The molecule has 0 bridgehead atoms. The second kappa shape index (κ2) is 13.6. The predicted octanol–water partition coefficient (Wildman–Crippen LogP) is 6.01. The molecule has 5 nitrogen and oxygen atoms in total. The lowest BCUT2D eigenvalue weighted by Crippen LogP contribution is -2.45. The summed E-state index contributed by atoms with van der Waals surface area (Å²) < 4.78 is 53.4. The summed E-state index contributed by atoms with van der Waals surface area (Å²) in [5.41, 5.74) is 2.89. The van der Waals surface area contributed by atoms with Crippen molar-refractivity contribution in [2.75, 3.05) is 33.3 Å². The number of halogens is 5. The summed E-state index contributed by atoms with van der Waals surface area (Å²) in [6, 6.07) is 21.6. The first-order valence-corrected chi connectivity index (χ1v) is 11.1. The van der Waals surface area contributed by atoms with Crippen molar-refractivity contribution >= 4 is 24.8 Å². The van der Waals surface area contributed by atoms with Gasteiger partial charge in [0.2, 0.25) is 0 Å². The van der Waals surface area contributed by atoms with E-state index in [9.17, 15) is 13.2 Å². The Labute approximate surface area is 221 Å². The topological polar surface area (TPSA) is 43.0 Å². The summed E-state index contributed by atoms with van der Waals surface area (Å²) >= 11 is 0. The third-order valence-corrected chi connectivity index (χ3v) is 5.69. The van der Waals surface area contributed by atoms with Crippen LogP contribution in [0.5, 0.6) is 17.2 Å². The summed E-state index contributed by atoms with van der Waals surface area (Å²) in [5.74, 6) is 0.992. The van der Waals surface area contributed by atoms with Gasteiger partial charge in [0.1, 0.15) is 12.4 Å². The van der Waals surface area contributed by atoms with Crippen molar-refractivity contribution in [3.05, 3.63) is 89.5 Å². The smallest absolute Gasteiger partial charge is 0.493 e. The average molecular weight is 545 g/mol. The maximum absolute atomic E-state index is 12.6. The van der Waals surface area contributed by atoms with E-state index in [0.717, 1.165) is 42.9 Å².